The van der Waals surface area contributed by atoms with Crippen molar-refractivity contribution in [1.82, 2.24) is 10.2 Å². The van der Waals surface area contributed by atoms with E-state index >= 15 is 0 Å². The summed E-state index contributed by atoms with van der Waals surface area (Å²) in [4.78, 5) is 37.9. The van der Waals surface area contributed by atoms with E-state index in [2.05, 4.69) is 17.2 Å². The first-order valence-electron chi connectivity index (χ1n) is 8.63. The van der Waals surface area contributed by atoms with E-state index in [0.717, 1.165) is 12.8 Å². The molecule has 0 saturated carbocycles. The van der Waals surface area contributed by atoms with Crippen molar-refractivity contribution < 1.29 is 14.4 Å². The van der Waals surface area contributed by atoms with Crippen LogP contribution in [0.1, 0.15) is 36.5 Å². The molecule has 25 heavy (non-hydrogen) atoms. The minimum atomic E-state index is -0.180. The Morgan fingerprint density at radius 3 is 2.64 bits per heavy atom. The smallest absolute Gasteiger partial charge is 0.253 e. The van der Waals surface area contributed by atoms with E-state index in [4.69, 9.17) is 0 Å². The summed E-state index contributed by atoms with van der Waals surface area (Å²) in [6.07, 6.45) is 3.64. The molecule has 0 aromatic heterocycles. The largest absolute Gasteiger partial charge is 0.352 e. The third-order valence-corrected chi connectivity index (χ3v) is 4.24. The van der Waals surface area contributed by atoms with Crippen LogP contribution >= 0.6 is 0 Å². The van der Waals surface area contributed by atoms with Crippen LogP contribution in [0.2, 0.25) is 0 Å². The van der Waals surface area contributed by atoms with E-state index < -0.39 is 0 Å². The van der Waals surface area contributed by atoms with Crippen molar-refractivity contribution >= 4 is 23.4 Å². The van der Waals surface area contributed by atoms with E-state index in [1.807, 2.05) is 0 Å². The van der Waals surface area contributed by atoms with E-state index in [9.17, 15) is 14.4 Å². The van der Waals surface area contributed by atoms with E-state index in [1.165, 1.54) is 0 Å². The van der Waals surface area contributed by atoms with Gasteiger partial charge in [-0.1, -0.05) is 13.0 Å². The highest BCUT2D eigenvalue weighted by Crippen LogP contribution is 2.20. The summed E-state index contributed by atoms with van der Waals surface area (Å²) in [5.74, 6) is -0.367. The van der Waals surface area contributed by atoms with Crippen LogP contribution in [0.25, 0.3) is 0 Å². The molecule has 6 nitrogen and oxygen atoms in total. The Balaban J connectivity index is 1.98. The molecule has 1 fully saturated rings. The van der Waals surface area contributed by atoms with Crippen LogP contribution in [0.15, 0.2) is 36.9 Å². The summed E-state index contributed by atoms with van der Waals surface area (Å²) < 4.78 is 0. The van der Waals surface area contributed by atoms with Gasteiger partial charge >= 0.3 is 0 Å². The molecule has 2 rings (SSSR count). The lowest BCUT2D eigenvalue weighted by Gasteiger charge is -2.32. The lowest BCUT2D eigenvalue weighted by atomic mass is 9.96. The topological polar surface area (TPSA) is 78.5 Å². The van der Waals surface area contributed by atoms with Gasteiger partial charge in [0.05, 0.1) is 5.92 Å². The quantitative estimate of drug-likeness (QED) is 0.777. The number of amides is 3. The zero-order valence-corrected chi connectivity index (χ0v) is 14.6. The monoisotopic (exact) mass is 343 g/mol. The second-order valence-electron chi connectivity index (χ2n) is 6.10. The van der Waals surface area contributed by atoms with E-state index in [1.54, 1.807) is 42.2 Å². The van der Waals surface area contributed by atoms with Gasteiger partial charge in [0, 0.05) is 37.3 Å². The Morgan fingerprint density at radius 2 is 2.00 bits per heavy atom. The standard InChI is InChI=1S/C19H25N3O3/c1-3-11-20-18(24)15-6-5-12-22(13-15)19(25)14-7-9-16(10-8-14)21-17(23)4-2/h3,7-10,15H,1,4-6,11-13H2,2H3,(H,20,24)(H,21,23)/t15-/m1/s1. The summed E-state index contributed by atoms with van der Waals surface area (Å²) >= 11 is 0. The maximum atomic E-state index is 12.7. The summed E-state index contributed by atoms with van der Waals surface area (Å²) in [7, 11) is 0. The van der Waals surface area contributed by atoms with E-state index in [0.29, 0.717) is 37.3 Å². The highest BCUT2D eigenvalue weighted by molar-refractivity contribution is 5.96. The SMILES string of the molecule is C=CCNC(=O)[C@@H]1CCCN(C(=O)c2ccc(NC(=O)CC)cc2)C1. The second kappa shape index (κ2) is 9.01. The zero-order chi connectivity index (χ0) is 18.2. The molecule has 1 aromatic carbocycles. The van der Waals surface area contributed by atoms with Crippen LogP contribution in [0.5, 0.6) is 0 Å². The zero-order valence-electron chi connectivity index (χ0n) is 14.6. The van der Waals surface area contributed by atoms with E-state index in [-0.39, 0.29) is 23.6 Å². The van der Waals surface area contributed by atoms with Crippen molar-refractivity contribution in [3.05, 3.63) is 42.5 Å². The molecular weight excluding hydrogens is 318 g/mol. The maximum absolute atomic E-state index is 12.7. The highest BCUT2D eigenvalue weighted by atomic mass is 16.2. The molecular formula is C19H25N3O3. The molecule has 1 heterocycles. The van der Waals surface area contributed by atoms with Gasteiger partial charge in [-0.25, -0.2) is 0 Å². The second-order valence-corrected chi connectivity index (χ2v) is 6.10. The molecule has 1 aliphatic rings. The average molecular weight is 343 g/mol. The number of carbonyl (C=O) groups excluding carboxylic acids is 3. The Bertz CT molecular complexity index is 640. The molecule has 3 amide bonds. The van der Waals surface area contributed by atoms with Crippen LogP contribution in [-0.4, -0.2) is 42.3 Å². The number of hydrogen-bond acceptors (Lipinski definition) is 3. The molecule has 2 N–H and O–H groups in total. The third-order valence-electron chi connectivity index (χ3n) is 4.24. The fourth-order valence-electron chi connectivity index (χ4n) is 2.82. The molecule has 0 radical (unpaired) electrons. The molecule has 134 valence electrons. The first kappa shape index (κ1) is 18.7. The van der Waals surface area contributed by atoms with Crippen molar-refractivity contribution in [1.29, 1.82) is 0 Å². The third kappa shape index (κ3) is 5.17. The number of piperidine rings is 1. The van der Waals surface area contributed by atoms with Crippen molar-refractivity contribution in [3.63, 3.8) is 0 Å². The molecule has 1 atom stereocenters. The van der Waals surface area contributed by atoms with Gasteiger partial charge in [-0.15, -0.1) is 6.58 Å². The van der Waals surface area contributed by atoms with Gasteiger partial charge in [-0.2, -0.15) is 0 Å². The fraction of sp³-hybridized carbons (Fsp3) is 0.421. The first-order chi connectivity index (χ1) is 12.0. The summed E-state index contributed by atoms with van der Waals surface area (Å²) in [5.41, 5.74) is 1.23. The Morgan fingerprint density at radius 1 is 1.28 bits per heavy atom. The predicted octanol–water partition coefficient (Wildman–Crippen LogP) is 2.19. The Hall–Kier alpha value is -2.63. The minimum absolute atomic E-state index is 0.0324. The highest BCUT2D eigenvalue weighted by Gasteiger charge is 2.28. The lowest BCUT2D eigenvalue weighted by Crippen LogP contribution is -2.45. The number of benzene rings is 1. The van der Waals surface area contributed by atoms with Crippen LogP contribution in [0.4, 0.5) is 5.69 Å². The number of nitrogens with one attached hydrogen (secondary N) is 2. The number of hydrogen-bond donors (Lipinski definition) is 2. The summed E-state index contributed by atoms with van der Waals surface area (Å²) in [6.45, 7) is 6.89. The maximum Gasteiger partial charge on any atom is 0.253 e. The molecule has 0 bridgehead atoms. The molecule has 0 unspecified atom stereocenters. The van der Waals surface area contributed by atoms with Crippen molar-refractivity contribution in [3.8, 4) is 0 Å². The molecule has 1 aromatic rings. The van der Waals surface area contributed by atoms with Gasteiger partial charge in [0.15, 0.2) is 0 Å². The molecule has 1 saturated heterocycles. The number of carbonyl (C=O) groups is 3. The number of likely N-dealkylation sites (tertiary alicyclic amines) is 1. The fourth-order valence-corrected chi connectivity index (χ4v) is 2.82. The van der Waals surface area contributed by atoms with Crippen LogP contribution < -0.4 is 10.6 Å². The van der Waals surface area contributed by atoms with Gasteiger partial charge in [-0.3, -0.25) is 14.4 Å². The summed E-state index contributed by atoms with van der Waals surface area (Å²) in [6, 6.07) is 6.85. The molecule has 0 aliphatic carbocycles. The van der Waals surface area contributed by atoms with Crippen LogP contribution in [0, 0.1) is 5.92 Å². The average Bonchev–Trinajstić information content (AvgIpc) is 2.66. The minimum Gasteiger partial charge on any atom is -0.352 e. The van der Waals surface area contributed by atoms with Crippen molar-refractivity contribution in [2.45, 2.75) is 26.2 Å². The van der Waals surface area contributed by atoms with Gasteiger partial charge in [0.25, 0.3) is 5.91 Å². The van der Waals surface area contributed by atoms with Gasteiger partial charge in [0.2, 0.25) is 11.8 Å². The predicted molar refractivity (Wildman–Crippen MR) is 97.2 cm³/mol. The Kier molecular flexibility index (Phi) is 6.74. The van der Waals surface area contributed by atoms with Crippen LogP contribution in [0.3, 0.4) is 0 Å². The van der Waals surface area contributed by atoms with Crippen LogP contribution in [-0.2, 0) is 9.59 Å². The Labute approximate surface area is 148 Å². The van der Waals surface area contributed by atoms with Gasteiger partial charge in [0.1, 0.15) is 0 Å². The number of nitrogens with zero attached hydrogens (tertiary/aromatic N) is 1. The normalized spacial score (nSPS) is 16.8. The van der Waals surface area contributed by atoms with Crippen molar-refractivity contribution in [2.24, 2.45) is 5.92 Å². The first-order valence-corrected chi connectivity index (χ1v) is 8.63. The molecule has 1 aliphatic heterocycles. The number of anilines is 1. The van der Waals surface area contributed by atoms with Gasteiger partial charge in [-0.05, 0) is 37.1 Å². The number of rotatable bonds is 6. The van der Waals surface area contributed by atoms with Gasteiger partial charge < -0.3 is 15.5 Å². The molecule has 0 spiro atoms. The summed E-state index contributed by atoms with van der Waals surface area (Å²) in [5, 5.41) is 5.55. The van der Waals surface area contributed by atoms with Crippen molar-refractivity contribution in [2.75, 3.05) is 25.0 Å². The molecule has 6 heteroatoms. The lowest BCUT2D eigenvalue weighted by molar-refractivity contribution is -0.126.